The summed E-state index contributed by atoms with van der Waals surface area (Å²) in [4.78, 5) is 0.00676. The smallest absolute Gasteiger partial charge is 0.188 e. The Hall–Kier alpha value is -1.67. The molecule has 1 aliphatic rings. The summed E-state index contributed by atoms with van der Waals surface area (Å²) in [7, 11) is -3.62. The van der Waals surface area contributed by atoms with E-state index in [-0.39, 0.29) is 28.2 Å². The number of sulfone groups is 1. The van der Waals surface area contributed by atoms with E-state index in [2.05, 4.69) is 0 Å². The summed E-state index contributed by atoms with van der Waals surface area (Å²) in [5, 5.41) is 30.5. The Kier molecular flexibility index (Phi) is 3.18. The van der Waals surface area contributed by atoms with Gasteiger partial charge in [0.2, 0.25) is 0 Å². The molecule has 0 spiro atoms. The van der Waals surface area contributed by atoms with Crippen molar-refractivity contribution >= 4 is 20.6 Å². The molecule has 6 nitrogen and oxygen atoms in total. The topological polar surface area (TPSA) is 104 Å². The summed E-state index contributed by atoms with van der Waals surface area (Å²) < 4.78 is 29.2. The fraction of sp³-hybridized carbons (Fsp3) is 0.286. The molecule has 1 heterocycles. The van der Waals surface area contributed by atoms with E-state index in [4.69, 9.17) is 4.74 Å². The van der Waals surface area contributed by atoms with E-state index in [0.29, 0.717) is 10.8 Å². The molecule has 3 N–H and O–H groups in total. The average Bonchev–Trinajstić information content (AvgIpc) is 2.36. The molecule has 0 radical (unpaired) electrons. The van der Waals surface area contributed by atoms with Crippen molar-refractivity contribution in [2.75, 3.05) is 6.26 Å². The zero-order chi connectivity index (χ0) is 15.4. The lowest BCUT2D eigenvalue weighted by Crippen LogP contribution is -2.27. The largest absolute Gasteiger partial charge is 0.507 e. The normalized spacial score (nSPS) is 22.2. The summed E-state index contributed by atoms with van der Waals surface area (Å²) >= 11 is 0. The predicted octanol–water partition coefficient (Wildman–Crippen LogP) is 0.831. The monoisotopic (exact) mass is 310 g/mol. The zero-order valence-corrected chi connectivity index (χ0v) is 12.0. The van der Waals surface area contributed by atoms with Crippen molar-refractivity contribution < 1.29 is 28.5 Å². The van der Waals surface area contributed by atoms with Crippen LogP contribution in [0.4, 0.5) is 0 Å². The number of fused-ring (bicyclic) bond motifs is 2. The molecule has 0 fully saturated rings. The molecule has 0 saturated heterocycles. The molecule has 0 amide bonds. The summed E-state index contributed by atoms with van der Waals surface area (Å²) in [6.07, 6.45) is -1.96. The van der Waals surface area contributed by atoms with Crippen LogP contribution in [0.3, 0.4) is 0 Å². The van der Waals surface area contributed by atoms with E-state index in [1.165, 1.54) is 0 Å². The number of ether oxygens (including phenoxy) is 1. The Bertz CT molecular complexity index is 827. The van der Waals surface area contributed by atoms with Crippen molar-refractivity contribution in [3.63, 3.8) is 0 Å². The molecule has 0 bridgehead atoms. The first-order valence-electron chi connectivity index (χ1n) is 6.28. The van der Waals surface area contributed by atoms with Crippen LogP contribution in [0.15, 0.2) is 29.2 Å². The van der Waals surface area contributed by atoms with Gasteiger partial charge in [0, 0.05) is 23.4 Å². The fourth-order valence-corrected chi connectivity index (χ4v) is 4.01. The predicted molar refractivity (Wildman–Crippen MR) is 74.5 cm³/mol. The third-order valence-corrected chi connectivity index (χ3v) is 4.77. The number of benzene rings is 2. The Morgan fingerprint density at radius 1 is 1.19 bits per heavy atom. The van der Waals surface area contributed by atoms with Gasteiger partial charge in [0.25, 0.3) is 0 Å². The van der Waals surface area contributed by atoms with Crippen LogP contribution in [0.1, 0.15) is 17.4 Å². The number of aliphatic hydroxyl groups excluding tert-OH is 2. The van der Waals surface area contributed by atoms with Gasteiger partial charge in [0.1, 0.15) is 5.75 Å². The van der Waals surface area contributed by atoms with Gasteiger partial charge in [-0.3, -0.25) is 0 Å². The summed E-state index contributed by atoms with van der Waals surface area (Å²) in [6.45, 7) is 0. The van der Waals surface area contributed by atoms with E-state index in [1.807, 2.05) is 0 Å². The highest BCUT2D eigenvalue weighted by Crippen LogP contribution is 2.44. The summed E-state index contributed by atoms with van der Waals surface area (Å²) in [5.74, 6) is -0.229. The minimum absolute atomic E-state index is 0.000532. The number of rotatable bonds is 1. The molecular weight excluding hydrogens is 296 g/mol. The minimum Gasteiger partial charge on any atom is -0.507 e. The van der Waals surface area contributed by atoms with Gasteiger partial charge in [-0.15, -0.1) is 0 Å². The number of aliphatic hydroxyl groups is 2. The molecule has 2 unspecified atom stereocenters. The highest BCUT2D eigenvalue weighted by molar-refractivity contribution is 7.91. The van der Waals surface area contributed by atoms with Gasteiger partial charge >= 0.3 is 0 Å². The maximum absolute atomic E-state index is 12.2. The van der Waals surface area contributed by atoms with Gasteiger partial charge in [-0.25, -0.2) is 8.42 Å². The highest BCUT2D eigenvalue weighted by atomic mass is 32.2. The third kappa shape index (κ3) is 2.18. The van der Waals surface area contributed by atoms with Crippen LogP contribution in [0.25, 0.3) is 10.8 Å². The van der Waals surface area contributed by atoms with Crippen molar-refractivity contribution in [2.45, 2.75) is 23.9 Å². The number of phenols is 1. The molecule has 2 aromatic rings. The maximum atomic E-state index is 12.2. The van der Waals surface area contributed by atoms with E-state index in [0.717, 1.165) is 6.26 Å². The second kappa shape index (κ2) is 4.67. The maximum Gasteiger partial charge on any atom is 0.188 e. The van der Waals surface area contributed by atoms with Crippen LogP contribution in [0, 0.1) is 0 Å². The Balaban J connectivity index is 2.53. The van der Waals surface area contributed by atoms with E-state index in [9.17, 15) is 23.7 Å². The van der Waals surface area contributed by atoms with Crippen LogP contribution in [-0.2, 0) is 21.0 Å². The van der Waals surface area contributed by atoms with Gasteiger partial charge in [-0.2, -0.15) is 0 Å². The fourth-order valence-electron chi connectivity index (χ4n) is 2.79. The molecule has 0 aromatic heterocycles. The van der Waals surface area contributed by atoms with Gasteiger partial charge in [0.05, 0.1) is 10.5 Å². The molecule has 112 valence electrons. The van der Waals surface area contributed by atoms with Crippen LogP contribution >= 0.6 is 0 Å². The lowest BCUT2D eigenvalue weighted by atomic mass is 9.95. The summed E-state index contributed by atoms with van der Waals surface area (Å²) in [6, 6.07) is 6.47. The lowest BCUT2D eigenvalue weighted by molar-refractivity contribution is -0.220. The van der Waals surface area contributed by atoms with Crippen LogP contribution in [0.2, 0.25) is 0 Å². The van der Waals surface area contributed by atoms with Gasteiger partial charge in [0.15, 0.2) is 22.4 Å². The Morgan fingerprint density at radius 3 is 2.43 bits per heavy atom. The quantitative estimate of drug-likeness (QED) is 0.721. The van der Waals surface area contributed by atoms with Crippen LogP contribution in [0.5, 0.6) is 5.75 Å². The molecule has 0 saturated carbocycles. The first kappa shape index (κ1) is 14.3. The zero-order valence-electron chi connectivity index (χ0n) is 11.1. The molecule has 21 heavy (non-hydrogen) atoms. The van der Waals surface area contributed by atoms with Gasteiger partial charge in [-0.05, 0) is 5.56 Å². The third-order valence-electron chi connectivity index (χ3n) is 3.56. The van der Waals surface area contributed by atoms with Crippen LogP contribution < -0.4 is 0 Å². The molecule has 3 rings (SSSR count). The molecular formula is C14H14O6S. The first-order valence-corrected chi connectivity index (χ1v) is 8.18. The number of phenolic OH excluding ortho intramolecular Hbond substituents is 1. The minimum atomic E-state index is -3.62. The van der Waals surface area contributed by atoms with Crippen molar-refractivity contribution in [3.8, 4) is 5.75 Å². The van der Waals surface area contributed by atoms with E-state index < -0.39 is 22.4 Å². The SMILES string of the molecule is CS(=O)(=O)c1c2c(c(O)c3ccccc13)C(O)OC(O)C2. The van der Waals surface area contributed by atoms with Gasteiger partial charge < -0.3 is 20.1 Å². The van der Waals surface area contributed by atoms with E-state index >= 15 is 0 Å². The molecule has 2 aromatic carbocycles. The van der Waals surface area contributed by atoms with Crippen LogP contribution in [-0.4, -0.2) is 36.3 Å². The second-order valence-electron chi connectivity index (χ2n) is 5.03. The highest BCUT2D eigenvalue weighted by Gasteiger charge is 2.34. The number of hydrogen-bond donors (Lipinski definition) is 3. The Morgan fingerprint density at radius 2 is 1.81 bits per heavy atom. The van der Waals surface area contributed by atoms with Crippen molar-refractivity contribution in [3.05, 3.63) is 35.4 Å². The van der Waals surface area contributed by atoms with Gasteiger partial charge in [-0.1, -0.05) is 24.3 Å². The molecule has 7 heteroatoms. The standard InChI is InChI=1S/C14H14O6S/c1-21(18,19)13-8-5-3-2-4-7(8)12(16)11-9(13)6-10(15)20-14(11)17/h2-5,10,14-17H,6H2,1H3. The number of aromatic hydroxyl groups is 1. The molecule has 2 atom stereocenters. The number of hydrogen-bond acceptors (Lipinski definition) is 6. The lowest BCUT2D eigenvalue weighted by Gasteiger charge is -2.29. The average molecular weight is 310 g/mol. The molecule has 0 aliphatic carbocycles. The van der Waals surface area contributed by atoms with Crippen molar-refractivity contribution in [1.82, 2.24) is 0 Å². The molecule has 1 aliphatic heterocycles. The van der Waals surface area contributed by atoms with E-state index in [1.54, 1.807) is 24.3 Å². The summed E-state index contributed by atoms with van der Waals surface area (Å²) in [5.41, 5.74) is 0.194. The first-order chi connectivity index (χ1) is 9.80. The van der Waals surface area contributed by atoms with Crippen molar-refractivity contribution in [2.24, 2.45) is 0 Å². The Labute approximate surface area is 121 Å². The van der Waals surface area contributed by atoms with Crippen molar-refractivity contribution in [1.29, 1.82) is 0 Å². The second-order valence-corrected chi connectivity index (χ2v) is 6.99.